The maximum Gasteiger partial charge on any atom is 0.261 e. The monoisotopic (exact) mass is 339 g/mol. The van der Waals surface area contributed by atoms with Gasteiger partial charge < -0.3 is 14.7 Å². The second-order valence-corrected chi connectivity index (χ2v) is 5.90. The third-order valence-electron chi connectivity index (χ3n) is 4.17. The van der Waals surface area contributed by atoms with Crippen molar-refractivity contribution in [2.75, 3.05) is 31.1 Å². The number of anilines is 1. The van der Waals surface area contributed by atoms with E-state index in [4.69, 9.17) is 4.52 Å². The molecule has 0 spiro atoms. The van der Waals surface area contributed by atoms with E-state index in [9.17, 15) is 4.39 Å². The van der Waals surface area contributed by atoms with Crippen LogP contribution in [0.1, 0.15) is 6.42 Å². The molecule has 0 aliphatic carbocycles. The van der Waals surface area contributed by atoms with Crippen LogP contribution in [-0.2, 0) is 0 Å². The molecule has 1 saturated heterocycles. The first-order valence-corrected chi connectivity index (χ1v) is 8.32. The minimum absolute atomic E-state index is 0.331. The molecule has 0 radical (unpaired) electrons. The summed E-state index contributed by atoms with van der Waals surface area (Å²) in [5, 5.41) is 7.38. The van der Waals surface area contributed by atoms with Crippen molar-refractivity contribution in [1.82, 2.24) is 20.4 Å². The summed E-state index contributed by atoms with van der Waals surface area (Å²) in [6.45, 7) is 3.70. The minimum Gasteiger partial charge on any atom is -0.355 e. The Morgan fingerprint density at radius 1 is 1.12 bits per heavy atom. The van der Waals surface area contributed by atoms with Gasteiger partial charge in [0, 0.05) is 31.4 Å². The van der Waals surface area contributed by atoms with Crippen LogP contribution in [0.25, 0.3) is 22.8 Å². The Hall–Kier alpha value is -2.80. The number of rotatable bonds is 3. The number of hydrogen-bond donors (Lipinski definition) is 1. The van der Waals surface area contributed by atoms with Gasteiger partial charge in [0.1, 0.15) is 11.6 Å². The molecule has 7 heteroatoms. The van der Waals surface area contributed by atoms with Crippen LogP contribution in [0.5, 0.6) is 0 Å². The number of hydrogen-bond acceptors (Lipinski definition) is 6. The van der Waals surface area contributed by atoms with Crippen LogP contribution in [0.15, 0.2) is 47.1 Å². The molecule has 25 heavy (non-hydrogen) atoms. The fourth-order valence-electron chi connectivity index (χ4n) is 2.95. The molecule has 1 fully saturated rings. The molecule has 128 valence electrons. The van der Waals surface area contributed by atoms with Crippen molar-refractivity contribution < 1.29 is 8.91 Å². The summed E-state index contributed by atoms with van der Waals surface area (Å²) in [4.78, 5) is 11.2. The summed E-state index contributed by atoms with van der Waals surface area (Å²) in [6.07, 6.45) is 2.81. The molecule has 3 heterocycles. The molecular weight excluding hydrogens is 321 g/mol. The maximum absolute atomic E-state index is 13.4. The summed E-state index contributed by atoms with van der Waals surface area (Å²) in [5.41, 5.74) is 1.37. The molecule has 1 aliphatic heterocycles. The molecular formula is C18H18FN5O. The van der Waals surface area contributed by atoms with Crippen LogP contribution < -0.4 is 10.2 Å². The Kier molecular flexibility index (Phi) is 4.39. The van der Waals surface area contributed by atoms with Crippen LogP contribution >= 0.6 is 0 Å². The van der Waals surface area contributed by atoms with Crippen molar-refractivity contribution in [2.24, 2.45) is 0 Å². The largest absolute Gasteiger partial charge is 0.355 e. The van der Waals surface area contributed by atoms with Crippen LogP contribution in [0.3, 0.4) is 0 Å². The van der Waals surface area contributed by atoms with E-state index in [1.54, 1.807) is 18.3 Å². The van der Waals surface area contributed by atoms with E-state index in [2.05, 4.69) is 25.3 Å². The molecule has 1 aromatic carbocycles. The van der Waals surface area contributed by atoms with E-state index in [0.29, 0.717) is 17.3 Å². The van der Waals surface area contributed by atoms with Crippen molar-refractivity contribution in [1.29, 1.82) is 0 Å². The fraction of sp³-hybridized carbons (Fsp3) is 0.278. The van der Waals surface area contributed by atoms with E-state index in [0.717, 1.165) is 44.0 Å². The summed E-state index contributed by atoms with van der Waals surface area (Å²) in [7, 11) is 0. The average molecular weight is 339 g/mol. The van der Waals surface area contributed by atoms with E-state index < -0.39 is 0 Å². The van der Waals surface area contributed by atoms with Gasteiger partial charge in [-0.05, 0) is 37.2 Å². The summed E-state index contributed by atoms with van der Waals surface area (Å²) in [6, 6.07) is 9.92. The lowest BCUT2D eigenvalue weighted by Crippen LogP contribution is -2.29. The van der Waals surface area contributed by atoms with Crippen molar-refractivity contribution >= 4 is 5.82 Å². The topological polar surface area (TPSA) is 67.1 Å². The van der Waals surface area contributed by atoms with Gasteiger partial charge in [-0.1, -0.05) is 17.3 Å². The van der Waals surface area contributed by atoms with Gasteiger partial charge in [0.2, 0.25) is 5.82 Å². The zero-order valence-corrected chi connectivity index (χ0v) is 13.7. The molecule has 0 atom stereocenters. The van der Waals surface area contributed by atoms with Gasteiger partial charge in [-0.15, -0.1) is 0 Å². The second-order valence-electron chi connectivity index (χ2n) is 5.90. The maximum atomic E-state index is 13.4. The quantitative estimate of drug-likeness (QED) is 0.791. The highest BCUT2D eigenvalue weighted by Crippen LogP contribution is 2.29. The Morgan fingerprint density at radius 2 is 2.08 bits per heavy atom. The zero-order valence-electron chi connectivity index (χ0n) is 13.7. The van der Waals surface area contributed by atoms with Gasteiger partial charge >= 0.3 is 0 Å². The highest BCUT2D eigenvalue weighted by Gasteiger charge is 2.20. The normalized spacial score (nSPS) is 15.2. The van der Waals surface area contributed by atoms with E-state index >= 15 is 0 Å². The van der Waals surface area contributed by atoms with E-state index in [1.165, 1.54) is 12.1 Å². The average Bonchev–Trinajstić information content (AvgIpc) is 2.97. The van der Waals surface area contributed by atoms with Gasteiger partial charge in [-0.3, -0.25) is 0 Å². The Labute approximate surface area is 144 Å². The molecule has 0 unspecified atom stereocenters. The molecule has 0 amide bonds. The number of halogens is 1. The summed E-state index contributed by atoms with van der Waals surface area (Å²) in [5.74, 6) is 1.25. The van der Waals surface area contributed by atoms with Crippen molar-refractivity contribution in [3.05, 3.63) is 48.4 Å². The molecule has 3 aromatic rings. The third-order valence-corrected chi connectivity index (χ3v) is 4.17. The first kappa shape index (κ1) is 15.7. The van der Waals surface area contributed by atoms with Crippen LogP contribution in [0.4, 0.5) is 10.2 Å². The molecule has 2 aromatic heterocycles. The van der Waals surface area contributed by atoms with E-state index in [-0.39, 0.29) is 5.82 Å². The lowest BCUT2D eigenvalue weighted by Gasteiger charge is -2.22. The van der Waals surface area contributed by atoms with Crippen molar-refractivity contribution in [2.45, 2.75) is 6.42 Å². The highest BCUT2D eigenvalue weighted by molar-refractivity contribution is 5.71. The van der Waals surface area contributed by atoms with Gasteiger partial charge in [-0.25, -0.2) is 9.37 Å². The molecule has 0 bridgehead atoms. The SMILES string of the molecule is Fc1cccc(-c2noc(-c3cccnc3N3CCCNCC3)n2)c1. The molecule has 1 N–H and O–H groups in total. The number of benzene rings is 1. The summed E-state index contributed by atoms with van der Waals surface area (Å²) >= 11 is 0. The summed E-state index contributed by atoms with van der Waals surface area (Å²) < 4.78 is 18.9. The van der Waals surface area contributed by atoms with Crippen LogP contribution in [0.2, 0.25) is 0 Å². The number of nitrogens with zero attached hydrogens (tertiary/aromatic N) is 4. The van der Waals surface area contributed by atoms with Gasteiger partial charge in [0.05, 0.1) is 5.56 Å². The standard InChI is InChI=1S/C18H18FN5O/c19-14-5-1-4-13(12-14)16-22-18(25-23-16)15-6-2-8-21-17(15)24-10-3-7-20-9-11-24/h1-2,4-6,8,12,20H,3,7,9-11H2. The predicted molar refractivity (Wildman–Crippen MR) is 92.6 cm³/mol. The first-order valence-electron chi connectivity index (χ1n) is 8.32. The van der Waals surface area contributed by atoms with E-state index in [1.807, 2.05) is 12.1 Å². The fourth-order valence-corrected chi connectivity index (χ4v) is 2.95. The lowest BCUT2D eigenvalue weighted by molar-refractivity contribution is 0.432. The highest BCUT2D eigenvalue weighted by atomic mass is 19.1. The van der Waals surface area contributed by atoms with Gasteiger partial charge in [-0.2, -0.15) is 4.98 Å². The van der Waals surface area contributed by atoms with Gasteiger partial charge in [0.15, 0.2) is 0 Å². The Morgan fingerprint density at radius 3 is 3.00 bits per heavy atom. The van der Waals surface area contributed by atoms with Crippen molar-refractivity contribution in [3.63, 3.8) is 0 Å². The minimum atomic E-state index is -0.331. The van der Waals surface area contributed by atoms with Crippen LogP contribution in [0, 0.1) is 5.82 Å². The smallest absolute Gasteiger partial charge is 0.261 e. The van der Waals surface area contributed by atoms with Crippen LogP contribution in [-0.4, -0.2) is 41.3 Å². The molecule has 1 aliphatic rings. The molecule has 6 nitrogen and oxygen atoms in total. The first-order chi connectivity index (χ1) is 12.3. The Balaban J connectivity index is 1.69. The van der Waals surface area contributed by atoms with Gasteiger partial charge in [0.25, 0.3) is 5.89 Å². The second kappa shape index (κ2) is 6.98. The predicted octanol–water partition coefficient (Wildman–Crippen LogP) is 2.74. The molecule has 4 rings (SSSR count). The third kappa shape index (κ3) is 3.36. The lowest BCUT2D eigenvalue weighted by atomic mass is 10.2. The number of aromatic nitrogens is 3. The van der Waals surface area contributed by atoms with Crippen molar-refractivity contribution in [3.8, 4) is 22.8 Å². The number of pyridine rings is 1. The zero-order chi connectivity index (χ0) is 17.1. The number of nitrogens with one attached hydrogen (secondary N) is 1. The Bertz CT molecular complexity index is 858. The molecule has 0 saturated carbocycles.